The fraction of sp³-hybridized carbons (Fsp3) is 0.167. The van der Waals surface area contributed by atoms with E-state index in [2.05, 4.69) is 0 Å². The van der Waals surface area contributed by atoms with Gasteiger partial charge in [-0.2, -0.15) is 0 Å². The normalized spacial score (nSPS) is 11.4. The number of methoxy groups -OCH3 is 1. The van der Waals surface area contributed by atoms with Gasteiger partial charge in [-0.15, -0.1) is 0 Å². The molecule has 5 heteroatoms. The Bertz CT molecular complexity index is 947. The summed E-state index contributed by atoms with van der Waals surface area (Å²) in [4.78, 5) is 24.8. The number of ether oxygens (including phenoxy) is 3. The van der Waals surface area contributed by atoms with E-state index in [0.29, 0.717) is 29.2 Å². The summed E-state index contributed by atoms with van der Waals surface area (Å²) >= 11 is 0. The molecule has 0 N–H and O–H groups in total. The molecule has 29 heavy (non-hydrogen) atoms. The van der Waals surface area contributed by atoms with Gasteiger partial charge in [-0.3, -0.25) is 4.79 Å². The summed E-state index contributed by atoms with van der Waals surface area (Å²) in [5.41, 5.74) is 1.86. The van der Waals surface area contributed by atoms with Gasteiger partial charge in [-0.1, -0.05) is 30.3 Å². The summed E-state index contributed by atoms with van der Waals surface area (Å²) < 4.78 is 16.1. The lowest BCUT2D eigenvalue weighted by molar-refractivity contribution is 0.0318. The first kappa shape index (κ1) is 20.1. The Balaban J connectivity index is 1.56. The summed E-state index contributed by atoms with van der Waals surface area (Å²) in [6, 6.07) is 23.1. The molecule has 0 saturated carbocycles. The topological polar surface area (TPSA) is 61.8 Å². The number of esters is 1. The van der Waals surface area contributed by atoms with Crippen molar-refractivity contribution >= 4 is 11.8 Å². The fourth-order valence-corrected chi connectivity index (χ4v) is 2.70. The molecule has 0 amide bonds. The van der Waals surface area contributed by atoms with Crippen LogP contribution in [0.2, 0.25) is 0 Å². The Morgan fingerprint density at radius 3 is 2.00 bits per heavy atom. The molecule has 0 aromatic heterocycles. The van der Waals surface area contributed by atoms with Gasteiger partial charge in [0.1, 0.15) is 18.1 Å². The highest BCUT2D eigenvalue weighted by Gasteiger charge is 2.20. The molecule has 1 atom stereocenters. The Labute approximate surface area is 169 Å². The maximum Gasteiger partial charge on any atom is 0.338 e. The number of Topliss-reactive ketones (excluding diaryl/α,β-unsaturated/α-hetero) is 1. The molecule has 0 aliphatic carbocycles. The van der Waals surface area contributed by atoms with E-state index in [1.54, 1.807) is 62.6 Å². The van der Waals surface area contributed by atoms with Crippen molar-refractivity contribution in [1.82, 2.24) is 0 Å². The highest BCUT2D eigenvalue weighted by Crippen LogP contribution is 2.17. The predicted molar refractivity (Wildman–Crippen MR) is 109 cm³/mol. The molecular weight excluding hydrogens is 368 g/mol. The Morgan fingerprint density at radius 1 is 0.793 bits per heavy atom. The zero-order valence-electron chi connectivity index (χ0n) is 16.3. The van der Waals surface area contributed by atoms with Crippen LogP contribution in [-0.4, -0.2) is 25.0 Å². The molecule has 0 spiro atoms. The van der Waals surface area contributed by atoms with Gasteiger partial charge in [-0.05, 0) is 61.0 Å². The van der Waals surface area contributed by atoms with Gasteiger partial charge in [0.2, 0.25) is 5.78 Å². The third-order valence-corrected chi connectivity index (χ3v) is 4.37. The average Bonchev–Trinajstić information content (AvgIpc) is 2.78. The summed E-state index contributed by atoms with van der Waals surface area (Å²) in [5, 5.41) is 0. The summed E-state index contributed by atoms with van der Waals surface area (Å²) in [6.45, 7) is 2.00. The van der Waals surface area contributed by atoms with Gasteiger partial charge in [0.25, 0.3) is 0 Å². The van der Waals surface area contributed by atoms with Crippen LogP contribution in [0, 0.1) is 0 Å². The monoisotopic (exact) mass is 390 g/mol. The predicted octanol–water partition coefficient (Wildman–Crippen LogP) is 4.70. The molecule has 148 valence electrons. The third kappa shape index (κ3) is 5.45. The van der Waals surface area contributed by atoms with Gasteiger partial charge in [0, 0.05) is 5.56 Å². The van der Waals surface area contributed by atoms with Crippen molar-refractivity contribution in [3.63, 3.8) is 0 Å². The number of carbonyl (C=O) groups excluding carboxylic acids is 2. The van der Waals surface area contributed by atoms with Crippen molar-refractivity contribution in [1.29, 1.82) is 0 Å². The quantitative estimate of drug-likeness (QED) is 0.412. The number of hydrogen-bond donors (Lipinski definition) is 0. The highest BCUT2D eigenvalue weighted by atomic mass is 16.5. The maximum atomic E-state index is 12.4. The molecule has 0 saturated heterocycles. The lowest BCUT2D eigenvalue weighted by atomic mass is 10.1. The molecule has 0 unspecified atom stereocenters. The highest BCUT2D eigenvalue weighted by molar-refractivity contribution is 6.01. The van der Waals surface area contributed by atoms with Gasteiger partial charge in [-0.25, -0.2) is 4.79 Å². The van der Waals surface area contributed by atoms with E-state index >= 15 is 0 Å². The maximum absolute atomic E-state index is 12.4. The molecule has 3 aromatic carbocycles. The lowest BCUT2D eigenvalue weighted by Gasteiger charge is -2.13. The fourth-order valence-electron chi connectivity index (χ4n) is 2.70. The van der Waals surface area contributed by atoms with E-state index in [0.717, 1.165) is 5.56 Å². The molecule has 0 bridgehead atoms. The Hall–Kier alpha value is -3.60. The minimum Gasteiger partial charge on any atom is -0.497 e. The smallest absolute Gasteiger partial charge is 0.338 e. The molecule has 3 rings (SSSR count). The zero-order valence-corrected chi connectivity index (χ0v) is 16.3. The molecule has 5 nitrogen and oxygen atoms in total. The molecule has 0 aliphatic heterocycles. The van der Waals surface area contributed by atoms with Crippen LogP contribution in [0.1, 0.15) is 33.2 Å². The minimum absolute atomic E-state index is 0.274. The van der Waals surface area contributed by atoms with Crippen LogP contribution in [0.25, 0.3) is 0 Å². The summed E-state index contributed by atoms with van der Waals surface area (Å²) in [5.74, 6) is 0.464. The molecular formula is C24H22O5. The standard InChI is InChI=1S/C24H22O5/c1-17(23(25)19-8-12-21(27-2)13-9-19)29-24(26)20-10-14-22(15-11-20)28-16-18-6-4-3-5-7-18/h3-15,17H,16H2,1-2H3/t17-/m1/s1. The van der Waals surface area contributed by atoms with Crippen molar-refractivity contribution < 1.29 is 23.8 Å². The Kier molecular flexibility index (Phi) is 6.63. The van der Waals surface area contributed by atoms with Crippen LogP contribution >= 0.6 is 0 Å². The Morgan fingerprint density at radius 2 is 1.38 bits per heavy atom. The first-order valence-electron chi connectivity index (χ1n) is 9.23. The molecule has 0 radical (unpaired) electrons. The van der Waals surface area contributed by atoms with Crippen LogP contribution in [0.3, 0.4) is 0 Å². The van der Waals surface area contributed by atoms with E-state index in [4.69, 9.17) is 14.2 Å². The van der Waals surface area contributed by atoms with E-state index in [1.807, 2.05) is 30.3 Å². The molecule has 0 aliphatic rings. The third-order valence-electron chi connectivity index (χ3n) is 4.37. The van der Waals surface area contributed by atoms with Crippen molar-refractivity contribution in [3.05, 3.63) is 95.6 Å². The van der Waals surface area contributed by atoms with Crippen LogP contribution in [0.5, 0.6) is 11.5 Å². The molecule has 3 aromatic rings. The van der Waals surface area contributed by atoms with E-state index in [1.165, 1.54) is 0 Å². The van der Waals surface area contributed by atoms with Gasteiger partial charge in [0.05, 0.1) is 12.7 Å². The second-order valence-corrected chi connectivity index (χ2v) is 6.44. The van der Waals surface area contributed by atoms with Crippen LogP contribution in [-0.2, 0) is 11.3 Å². The SMILES string of the molecule is COc1ccc(C(=O)[C@@H](C)OC(=O)c2ccc(OCc3ccccc3)cc2)cc1. The zero-order chi connectivity index (χ0) is 20.6. The van der Waals surface area contributed by atoms with E-state index < -0.39 is 12.1 Å². The van der Waals surface area contributed by atoms with Gasteiger partial charge >= 0.3 is 5.97 Å². The van der Waals surface area contributed by atoms with Crippen molar-refractivity contribution in [2.24, 2.45) is 0 Å². The minimum atomic E-state index is -0.898. The lowest BCUT2D eigenvalue weighted by Crippen LogP contribution is -2.24. The average molecular weight is 390 g/mol. The van der Waals surface area contributed by atoms with Crippen molar-refractivity contribution in [3.8, 4) is 11.5 Å². The van der Waals surface area contributed by atoms with Gasteiger partial charge < -0.3 is 14.2 Å². The van der Waals surface area contributed by atoms with Gasteiger partial charge in [0.15, 0.2) is 6.10 Å². The number of carbonyl (C=O) groups is 2. The molecule has 0 heterocycles. The van der Waals surface area contributed by atoms with Crippen LogP contribution in [0.15, 0.2) is 78.9 Å². The number of hydrogen-bond acceptors (Lipinski definition) is 5. The second-order valence-electron chi connectivity index (χ2n) is 6.44. The largest absolute Gasteiger partial charge is 0.497 e. The first-order valence-corrected chi connectivity index (χ1v) is 9.23. The van der Waals surface area contributed by atoms with Crippen molar-refractivity contribution in [2.45, 2.75) is 19.6 Å². The number of benzene rings is 3. The summed E-state index contributed by atoms with van der Waals surface area (Å²) in [6.07, 6.45) is -0.898. The van der Waals surface area contributed by atoms with Crippen LogP contribution in [0.4, 0.5) is 0 Å². The second kappa shape index (κ2) is 9.55. The number of ketones is 1. The number of rotatable bonds is 8. The van der Waals surface area contributed by atoms with E-state index in [-0.39, 0.29) is 5.78 Å². The summed E-state index contributed by atoms with van der Waals surface area (Å²) in [7, 11) is 1.55. The van der Waals surface area contributed by atoms with Crippen molar-refractivity contribution in [2.75, 3.05) is 7.11 Å². The van der Waals surface area contributed by atoms with Crippen LogP contribution < -0.4 is 9.47 Å². The van der Waals surface area contributed by atoms with E-state index in [9.17, 15) is 9.59 Å². The first-order chi connectivity index (χ1) is 14.1. The molecule has 0 fully saturated rings.